The number of primary amides is 1. The second-order valence-corrected chi connectivity index (χ2v) is 6.71. The van der Waals surface area contributed by atoms with Gasteiger partial charge >= 0.3 is 0 Å². The molecule has 1 aromatic carbocycles. The van der Waals surface area contributed by atoms with Gasteiger partial charge in [0.25, 0.3) is 5.91 Å². The number of benzene rings is 1. The van der Waals surface area contributed by atoms with Crippen LogP contribution < -0.4 is 21.1 Å². The lowest BCUT2D eigenvalue weighted by atomic mass is 9.81. The van der Waals surface area contributed by atoms with Gasteiger partial charge in [-0.3, -0.25) is 9.59 Å². The second kappa shape index (κ2) is 9.42. The van der Waals surface area contributed by atoms with E-state index in [1.807, 2.05) is 0 Å². The lowest BCUT2D eigenvalue weighted by Gasteiger charge is -2.34. The summed E-state index contributed by atoms with van der Waals surface area (Å²) in [6, 6.07) is 7.15. The first-order chi connectivity index (χ1) is 12.0. The molecular formula is C19H29N3O3. The number of rotatable bonds is 8. The maximum Gasteiger partial charge on any atom is 0.251 e. The summed E-state index contributed by atoms with van der Waals surface area (Å²) < 4.78 is 5.11. The summed E-state index contributed by atoms with van der Waals surface area (Å²) in [5.74, 6) is 0.0908. The number of unbranched alkanes of at least 4 members (excludes halogenated alkanes) is 1. The van der Waals surface area contributed by atoms with E-state index in [1.54, 1.807) is 31.4 Å². The minimum absolute atomic E-state index is 0.0556. The van der Waals surface area contributed by atoms with Crippen LogP contribution in [0.25, 0.3) is 0 Å². The molecule has 1 aliphatic carbocycles. The normalized spacial score (nSPS) is 23.0. The average Bonchev–Trinajstić information content (AvgIpc) is 2.61. The largest absolute Gasteiger partial charge is 0.497 e. The lowest BCUT2D eigenvalue weighted by molar-refractivity contribution is -0.123. The Bertz CT molecular complexity index is 574. The van der Waals surface area contributed by atoms with Gasteiger partial charge in [0, 0.05) is 23.6 Å². The monoisotopic (exact) mass is 347 g/mol. The molecule has 0 heterocycles. The number of nitrogens with one attached hydrogen (secondary N) is 2. The summed E-state index contributed by atoms with van der Waals surface area (Å²) in [6.07, 6.45) is 4.38. The van der Waals surface area contributed by atoms with E-state index in [-0.39, 0.29) is 29.8 Å². The van der Waals surface area contributed by atoms with Crippen molar-refractivity contribution < 1.29 is 14.3 Å². The SMILES string of the molecule is CCCCNC1CC(NC(=O)c2ccc(OC)cc2)CC(C(N)=O)C1. The molecule has 2 rings (SSSR count). The Morgan fingerprint density at radius 1 is 1.16 bits per heavy atom. The Morgan fingerprint density at radius 2 is 1.84 bits per heavy atom. The molecule has 1 fully saturated rings. The summed E-state index contributed by atoms with van der Waals surface area (Å²) in [7, 11) is 1.59. The molecule has 1 saturated carbocycles. The van der Waals surface area contributed by atoms with Crippen molar-refractivity contribution in [1.29, 1.82) is 0 Å². The van der Waals surface area contributed by atoms with Crippen molar-refractivity contribution in [2.45, 2.75) is 51.1 Å². The van der Waals surface area contributed by atoms with Gasteiger partial charge in [0.1, 0.15) is 5.75 Å². The van der Waals surface area contributed by atoms with Crippen molar-refractivity contribution in [3.05, 3.63) is 29.8 Å². The molecule has 1 aromatic rings. The minimum Gasteiger partial charge on any atom is -0.497 e. The Balaban J connectivity index is 1.97. The van der Waals surface area contributed by atoms with Gasteiger partial charge in [-0.2, -0.15) is 0 Å². The quantitative estimate of drug-likeness (QED) is 0.626. The standard InChI is InChI=1S/C19H29N3O3/c1-3-4-9-21-15-10-14(18(20)23)11-16(12-15)22-19(24)13-5-7-17(25-2)8-6-13/h5-8,14-16,21H,3-4,9-12H2,1-2H3,(H2,20,23)(H,22,24). The van der Waals surface area contributed by atoms with Gasteiger partial charge in [-0.25, -0.2) is 0 Å². The van der Waals surface area contributed by atoms with Crippen molar-refractivity contribution >= 4 is 11.8 Å². The Labute approximate surface area is 149 Å². The van der Waals surface area contributed by atoms with Crippen molar-refractivity contribution in [2.24, 2.45) is 11.7 Å². The molecule has 138 valence electrons. The molecule has 6 nitrogen and oxygen atoms in total. The molecule has 0 spiro atoms. The highest BCUT2D eigenvalue weighted by Crippen LogP contribution is 2.25. The number of hydrogen-bond donors (Lipinski definition) is 3. The van der Waals surface area contributed by atoms with Crippen LogP contribution in [0.4, 0.5) is 0 Å². The molecule has 0 radical (unpaired) electrons. The third-order valence-corrected chi connectivity index (χ3v) is 4.76. The molecule has 0 aromatic heterocycles. The summed E-state index contributed by atoms with van der Waals surface area (Å²) in [5, 5.41) is 6.54. The van der Waals surface area contributed by atoms with Gasteiger partial charge in [-0.15, -0.1) is 0 Å². The first kappa shape index (κ1) is 19.2. The van der Waals surface area contributed by atoms with Crippen LogP contribution in [0.15, 0.2) is 24.3 Å². The van der Waals surface area contributed by atoms with Crippen molar-refractivity contribution in [3.8, 4) is 5.75 Å². The number of ether oxygens (including phenoxy) is 1. The van der Waals surface area contributed by atoms with Crippen LogP contribution in [-0.2, 0) is 4.79 Å². The van der Waals surface area contributed by atoms with Crippen LogP contribution in [0, 0.1) is 5.92 Å². The molecule has 4 N–H and O–H groups in total. The fourth-order valence-electron chi connectivity index (χ4n) is 3.33. The van der Waals surface area contributed by atoms with Crippen molar-refractivity contribution in [3.63, 3.8) is 0 Å². The highest BCUT2D eigenvalue weighted by atomic mass is 16.5. The first-order valence-corrected chi connectivity index (χ1v) is 9.01. The van der Waals surface area contributed by atoms with Crippen LogP contribution >= 0.6 is 0 Å². The van der Waals surface area contributed by atoms with Crippen LogP contribution in [0.5, 0.6) is 5.75 Å². The topological polar surface area (TPSA) is 93.4 Å². The van der Waals surface area contributed by atoms with E-state index in [0.29, 0.717) is 17.7 Å². The molecule has 0 bridgehead atoms. The van der Waals surface area contributed by atoms with Gasteiger partial charge in [-0.1, -0.05) is 13.3 Å². The molecule has 1 aliphatic rings. The number of amides is 2. The van der Waals surface area contributed by atoms with E-state index in [0.717, 1.165) is 32.2 Å². The van der Waals surface area contributed by atoms with Crippen LogP contribution in [0.2, 0.25) is 0 Å². The van der Waals surface area contributed by atoms with E-state index < -0.39 is 0 Å². The maximum atomic E-state index is 12.5. The van der Waals surface area contributed by atoms with Gasteiger partial charge in [0.05, 0.1) is 7.11 Å². The van der Waals surface area contributed by atoms with E-state index in [9.17, 15) is 9.59 Å². The van der Waals surface area contributed by atoms with Crippen molar-refractivity contribution in [2.75, 3.05) is 13.7 Å². The number of hydrogen-bond acceptors (Lipinski definition) is 4. The third-order valence-electron chi connectivity index (χ3n) is 4.76. The zero-order chi connectivity index (χ0) is 18.2. The third kappa shape index (κ3) is 5.74. The number of methoxy groups -OCH3 is 1. The summed E-state index contributed by atoms with van der Waals surface area (Å²) >= 11 is 0. The number of carbonyl (C=O) groups excluding carboxylic acids is 2. The maximum absolute atomic E-state index is 12.5. The van der Waals surface area contributed by atoms with Crippen molar-refractivity contribution in [1.82, 2.24) is 10.6 Å². The van der Waals surface area contributed by atoms with Gasteiger partial charge in [0.2, 0.25) is 5.91 Å². The second-order valence-electron chi connectivity index (χ2n) is 6.71. The predicted molar refractivity (Wildman–Crippen MR) is 97.5 cm³/mol. The smallest absolute Gasteiger partial charge is 0.251 e. The predicted octanol–water partition coefficient (Wildman–Crippen LogP) is 1.84. The average molecular weight is 347 g/mol. The molecule has 6 heteroatoms. The molecule has 3 atom stereocenters. The molecule has 2 amide bonds. The summed E-state index contributed by atoms with van der Waals surface area (Å²) in [4.78, 5) is 24.1. The molecule has 3 unspecified atom stereocenters. The summed E-state index contributed by atoms with van der Waals surface area (Å²) in [5.41, 5.74) is 6.11. The van der Waals surface area contributed by atoms with E-state index in [2.05, 4.69) is 17.6 Å². The van der Waals surface area contributed by atoms with E-state index in [4.69, 9.17) is 10.5 Å². The van der Waals surface area contributed by atoms with Gasteiger partial charge < -0.3 is 21.1 Å². The fraction of sp³-hybridized carbons (Fsp3) is 0.579. The zero-order valence-electron chi connectivity index (χ0n) is 15.1. The van der Waals surface area contributed by atoms with Gasteiger partial charge in [-0.05, 0) is 56.5 Å². The first-order valence-electron chi connectivity index (χ1n) is 9.01. The molecule has 25 heavy (non-hydrogen) atoms. The Kier molecular flexibility index (Phi) is 7.25. The van der Waals surface area contributed by atoms with Gasteiger partial charge in [0.15, 0.2) is 0 Å². The summed E-state index contributed by atoms with van der Waals surface area (Å²) in [6.45, 7) is 3.07. The molecule has 0 saturated heterocycles. The van der Waals surface area contributed by atoms with Crippen LogP contribution in [0.3, 0.4) is 0 Å². The fourth-order valence-corrected chi connectivity index (χ4v) is 3.33. The van der Waals surface area contributed by atoms with E-state index >= 15 is 0 Å². The minimum atomic E-state index is -0.286. The zero-order valence-corrected chi connectivity index (χ0v) is 15.1. The molecule has 0 aliphatic heterocycles. The van der Waals surface area contributed by atoms with E-state index in [1.165, 1.54) is 0 Å². The molecular weight excluding hydrogens is 318 g/mol. The Hall–Kier alpha value is -2.08. The number of carbonyl (C=O) groups is 2. The number of nitrogens with two attached hydrogens (primary N) is 1. The van der Waals surface area contributed by atoms with Crippen LogP contribution in [0.1, 0.15) is 49.4 Å². The highest BCUT2D eigenvalue weighted by Gasteiger charge is 2.32. The highest BCUT2D eigenvalue weighted by molar-refractivity contribution is 5.94. The Morgan fingerprint density at radius 3 is 2.44 bits per heavy atom. The van der Waals surface area contributed by atoms with Crippen LogP contribution in [-0.4, -0.2) is 37.6 Å². The lowest BCUT2D eigenvalue weighted by Crippen LogP contribution is -2.49.